The van der Waals surface area contributed by atoms with Crippen molar-refractivity contribution >= 4 is 35.7 Å². The van der Waals surface area contributed by atoms with Gasteiger partial charge in [-0.1, -0.05) is 116 Å². The van der Waals surface area contributed by atoms with Crippen molar-refractivity contribution < 1.29 is 43.3 Å². The number of benzene rings is 2. The maximum absolute atomic E-state index is 14.8. The molecule has 0 aliphatic carbocycles. The molecule has 56 heavy (non-hydrogen) atoms. The predicted molar refractivity (Wildman–Crippen MR) is 210 cm³/mol. The van der Waals surface area contributed by atoms with Gasteiger partial charge in [0.15, 0.2) is 0 Å². The Labute approximate surface area is 330 Å². The van der Waals surface area contributed by atoms with Crippen molar-refractivity contribution in [3.63, 3.8) is 0 Å². The second-order valence-electron chi connectivity index (χ2n) is 15.8. The largest absolute Gasteiger partial charge is 0.459 e. The maximum atomic E-state index is 14.8. The number of amides is 5. The lowest BCUT2D eigenvalue weighted by Gasteiger charge is -2.37. The fourth-order valence-electron chi connectivity index (χ4n) is 6.39. The average molecular weight is 780 g/mol. The van der Waals surface area contributed by atoms with Crippen LogP contribution in [0.5, 0.6) is 0 Å². The first-order chi connectivity index (χ1) is 26.5. The number of esters is 1. The third-order valence-corrected chi connectivity index (χ3v) is 9.62. The molecule has 1 fully saturated rings. The summed E-state index contributed by atoms with van der Waals surface area (Å²) in [5.74, 6) is -5.84. The van der Waals surface area contributed by atoms with Gasteiger partial charge in [0.25, 0.3) is 11.8 Å². The number of imide groups is 1. The van der Waals surface area contributed by atoms with E-state index < -0.39 is 89.8 Å². The molecule has 3 rings (SSSR count). The SMILES string of the molecule is CC(C)C[C@H](C(=O)N[C@H](C(=O)OCc1ccccc1)C(C)C)N(C(=O)C(O)C1CCCN1)C(=O)[C@@H](NC(=O)[C@@H](NC(=O)OCc1ccccc1)C(C)C)C(C)C. The number of hydrogen-bond acceptors (Lipinski definition) is 10. The Bertz CT molecular complexity index is 1600. The van der Waals surface area contributed by atoms with Crippen LogP contribution in [0.1, 0.15) is 85.8 Å². The van der Waals surface area contributed by atoms with Crippen molar-refractivity contribution in [1.82, 2.24) is 26.2 Å². The summed E-state index contributed by atoms with van der Waals surface area (Å²) in [6, 6.07) is 12.3. The number of nitrogens with zero attached hydrogens (tertiary/aromatic N) is 1. The maximum Gasteiger partial charge on any atom is 0.408 e. The van der Waals surface area contributed by atoms with E-state index in [0.717, 1.165) is 16.0 Å². The molecule has 0 aromatic heterocycles. The quantitative estimate of drug-likeness (QED) is 0.131. The highest BCUT2D eigenvalue weighted by Gasteiger charge is 2.45. The van der Waals surface area contributed by atoms with Gasteiger partial charge in [-0.3, -0.25) is 24.1 Å². The van der Waals surface area contributed by atoms with Crippen molar-refractivity contribution in [2.45, 2.75) is 124 Å². The minimum absolute atomic E-state index is 0.0137. The Morgan fingerprint density at radius 2 is 1.21 bits per heavy atom. The smallest absolute Gasteiger partial charge is 0.408 e. The lowest BCUT2D eigenvalue weighted by molar-refractivity contribution is -0.161. The van der Waals surface area contributed by atoms with Crippen LogP contribution in [0.2, 0.25) is 0 Å². The minimum atomic E-state index is -1.69. The zero-order valence-corrected chi connectivity index (χ0v) is 34.0. The van der Waals surface area contributed by atoms with Crippen LogP contribution in [0.3, 0.4) is 0 Å². The van der Waals surface area contributed by atoms with Crippen LogP contribution >= 0.6 is 0 Å². The highest BCUT2D eigenvalue weighted by atomic mass is 16.5. The second kappa shape index (κ2) is 22.1. The van der Waals surface area contributed by atoms with Gasteiger partial charge in [-0.25, -0.2) is 9.59 Å². The predicted octanol–water partition coefficient (Wildman–Crippen LogP) is 3.85. The molecule has 1 aliphatic rings. The fraction of sp³-hybridized carbons (Fsp3) is 0.571. The number of aliphatic hydroxyl groups is 1. The van der Waals surface area contributed by atoms with Crippen LogP contribution in [0.25, 0.3) is 0 Å². The molecule has 0 spiro atoms. The minimum Gasteiger partial charge on any atom is -0.459 e. The van der Waals surface area contributed by atoms with E-state index in [1.807, 2.05) is 38.1 Å². The molecule has 6 atom stereocenters. The van der Waals surface area contributed by atoms with Crippen molar-refractivity contribution in [3.05, 3.63) is 71.8 Å². The van der Waals surface area contributed by atoms with Crippen molar-refractivity contribution in [2.24, 2.45) is 23.7 Å². The van der Waals surface area contributed by atoms with Crippen LogP contribution in [0.15, 0.2) is 60.7 Å². The number of hydrogen-bond donors (Lipinski definition) is 5. The Balaban J connectivity index is 1.93. The molecular formula is C42H61N5O9. The van der Waals surface area contributed by atoms with Gasteiger partial charge in [0.1, 0.15) is 43.5 Å². The number of carbonyl (C=O) groups is 6. The zero-order chi connectivity index (χ0) is 41.5. The highest BCUT2D eigenvalue weighted by Crippen LogP contribution is 2.22. The topological polar surface area (TPSA) is 192 Å². The summed E-state index contributed by atoms with van der Waals surface area (Å²) < 4.78 is 10.9. The molecule has 5 N–H and O–H groups in total. The van der Waals surface area contributed by atoms with Crippen molar-refractivity contribution in [3.8, 4) is 0 Å². The molecule has 2 aromatic rings. The molecule has 14 heteroatoms. The standard InChI is InChI=1S/C42H61N5O9/c1-25(2)22-32(37(49)45-35(28(7)8)41(53)55-23-29-16-11-9-12-17-29)47(40(52)36(48)31-20-15-21-43-31)39(51)34(27(5)6)44-38(50)33(26(3)4)46-42(54)56-24-30-18-13-10-14-19-30/h9-14,16-19,25-28,31-36,43,48H,15,20-24H2,1-8H3,(H,44,50)(H,45,49)(H,46,54)/t31?,32-,33+,34+,35+,36?/m1/s1. The van der Waals surface area contributed by atoms with Crippen LogP contribution < -0.4 is 21.3 Å². The molecule has 308 valence electrons. The van der Waals surface area contributed by atoms with E-state index in [-0.39, 0.29) is 25.6 Å². The van der Waals surface area contributed by atoms with Crippen LogP contribution in [0, 0.1) is 23.7 Å². The summed E-state index contributed by atoms with van der Waals surface area (Å²) in [4.78, 5) is 84.3. The molecular weight excluding hydrogens is 718 g/mol. The normalized spacial score (nSPS) is 16.8. The van der Waals surface area contributed by atoms with Crippen molar-refractivity contribution in [1.29, 1.82) is 0 Å². The van der Waals surface area contributed by atoms with Crippen molar-refractivity contribution in [2.75, 3.05) is 6.54 Å². The summed E-state index contributed by atoms with van der Waals surface area (Å²) in [5.41, 5.74) is 1.51. The third kappa shape index (κ3) is 13.4. The molecule has 2 aromatic carbocycles. The summed E-state index contributed by atoms with van der Waals surface area (Å²) in [6.07, 6.45) is -1.38. The molecule has 1 aliphatic heterocycles. The average Bonchev–Trinajstić information content (AvgIpc) is 3.71. The van der Waals surface area contributed by atoms with E-state index in [0.29, 0.717) is 19.4 Å². The summed E-state index contributed by atoms with van der Waals surface area (Å²) in [7, 11) is 0. The van der Waals surface area contributed by atoms with Gasteiger partial charge in [-0.05, 0) is 60.6 Å². The molecule has 0 saturated carbocycles. The first kappa shape index (κ1) is 45.6. The number of rotatable bonds is 19. The second-order valence-corrected chi connectivity index (χ2v) is 15.8. The fourth-order valence-corrected chi connectivity index (χ4v) is 6.39. The third-order valence-electron chi connectivity index (χ3n) is 9.62. The van der Waals surface area contributed by atoms with Gasteiger partial charge < -0.3 is 35.8 Å². The van der Waals surface area contributed by atoms with Gasteiger partial charge in [0.2, 0.25) is 11.8 Å². The highest BCUT2D eigenvalue weighted by molar-refractivity contribution is 6.05. The molecule has 5 amide bonds. The van der Waals surface area contributed by atoms with Crippen LogP contribution in [0.4, 0.5) is 4.79 Å². The van der Waals surface area contributed by atoms with Gasteiger partial charge in [0, 0.05) is 6.04 Å². The van der Waals surface area contributed by atoms with Gasteiger partial charge in [-0.15, -0.1) is 0 Å². The Kier molecular flexibility index (Phi) is 17.9. The molecule has 0 bridgehead atoms. The number of ether oxygens (including phenoxy) is 2. The summed E-state index contributed by atoms with van der Waals surface area (Å²) in [6.45, 7) is 14.4. The van der Waals surface area contributed by atoms with E-state index >= 15 is 0 Å². The van der Waals surface area contributed by atoms with E-state index in [9.17, 15) is 33.9 Å². The summed E-state index contributed by atoms with van der Waals surface area (Å²) >= 11 is 0. The Hall–Kier alpha value is -4.82. The zero-order valence-electron chi connectivity index (χ0n) is 34.0. The monoisotopic (exact) mass is 779 g/mol. The Morgan fingerprint density at radius 3 is 1.70 bits per heavy atom. The molecule has 0 radical (unpaired) electrons. The van der Waals surface area contributed by atoms with Crippen LogP contribution in [-0.2, 0) is 46.7 Å². The number of carbonyl (C=O) groups excluding carboxylic acids is 6. The van der Waals surface area contributed by atoms with Gasteiger partial charge in [-0.2, -0.15) is 0 Å². The lowest BCUT2D eigenvalue weighted by atomic mass is 9.95. The van der Waals surface area contributed by atoms with E-state index in [1.54, 1.807) is 77.9 Å². The van der Waals surface area contributed by atoms with Gasteiger partial charge >= 0.3 is 12.1 Å². The molecule has 1 heterocycles. The number of nitrogens with one attached hydrogen (secondary N) is 4. The van der Waals surface area contributed by atoms with E-state index in [4.69, 9.17) is 9.47 Å². The Morgan fingerprint density at radius 1 is 0.696 bits per heavy atom. The first-order valence-electron chi connectivity index (χ1n) is 19.6. The first-order valence-corrected chi connectivity index (χ1v) is 19.6. The molecule has 1 saturated heterocycles. The number of alkyl carbamates (subject to hydrolysis) is 1. The lowest BCUT2D eigenvalue weighted by Crippen LogP contribution is -2.64. The van der Waals surface area contributed by atoms with Crippen LogP contribution in [-0.4, -0.2) is 88.6 Å². The summed E-state index contributed by atoms with van der Waals surface area (Å²) in [5, 5.41) is 22.5. The number of aliphatic hydroxyl groups excluding tert-OH is 1. The molecule has 2 unspecified atom stereocenters. The van der Waals surface area contributed by atoms with Gasteiger partial charge in [0.05, 0.1) is 0 Å². The van der Waals surface area contributed by atoms with E-state index in [1.165, 1.54) is 0 Å². The molecule has 14 nitrogen and oxygen atoms in total. The van der Waals surface area contributed by atoms with E-state index in [2.05, 4.69) is 21.3 Å².